The first-order chi connectivity index (χ1) is 9.40. The third-order valence-electron chi connectivity index (χ3n) is 3.16. The maximum absolute atomic E-state index is 5.30. The Morgan fingerprint density at radius 1 is 1.32 bits per heavy atom. The van der Waals surface area contributed by atoms with Crippen LogP contribution in [0.5, 0.6) is 0 Å². The Balaban J connectivity index is 1.59. The van der Waals surface area contributed by atoms with Crippen LogP contribution in [0.25, 0.3) is 0 Å². The standard InChI is InChI=1S/C13H17N5O/c1-2-11(9-15-3-1)8-12-16-13(19-17-12)10-18-6-4-14-5-7-18/h1-3,9,14H,4-8,10H2. The Kier molecular flexibility index (Phi) is 3.81. The van der Waals surface area contributed by atoms with Gasteiger partial charge in [-0.1, -0.05) is 11.2 Å². The summed E-state index contributed by atoms with van der Waals surface area (Å²) in [5.74, 6) is 1.42. The van der Waals surface area contributed by atoms with Gasteiger partial charge in [0.05, 0.1) is 6.54 Å². The lowest BCUT2D eigenvalue weighted by atomic mass is 10.2. The molecular weight excluding hydrogens is 242 g/mol. The highest BCUT2D eigenvalue weighted by Crippen LogP contribution is 2.07. The predicted octanol–water partition coefficient (Wildman–Crippen LogP) is 0.461. The number of aromatic nitrogens is 3. The van der Waals surface area contributed by atoms with E-state index in [0.717, 1.165) is 44.1 Å². The third-order valence-corrected chi connectivity index (χ3v) is 3.16. The van der Waals surface area contributed by atoms with Crippen molar-refractivity contribution in [1.82, 2.24) is 25.3 Å². The molecule has 1 saturated heterocycles. The number of pyridine rings is 1. The fraction of sp³-hybridized carbons (Fsp3) is 0.462. The molecular formula is C13H17N5O. The minimum atomic E-state index is 0.666. The lowest BCUT2D eigenvalue weighted by molar-refractivity contribution is 0.203. The number of nitrogens with one attached hydrogen (secondary N) is 1. The van der Waals surface area contributed by atoms with Crippen molar-refractivity contribution in [2.24, 2.45) is 0 Å². The second kappa shape index (κ2) is 5.90. The maximum Gasteiger partial charge on any atom is 0.240 e. The highest BCUT2D eigenvalue weighted by atomic mass is 16.5. The predicted molar refractivity (Wildman–Crippen MR) is 69.5 cm³/mol. The number of rotatable bonds is 4. The van der Waals surface area contributed by atoms with Crippen molar-refractivity contribution in [2.75, 3.05) is 26.2 Å². The highest BCUT2D eigenvalue weighted by molar-refractivity contribution is 5.13. The molecule has 6 nitrogen and oxygen atoms in total. The number of piperazine rings is 1. The monoisotopic (exact) mass is 259 g/mol. The van der Waals surface area contributed by atoms with Gasteiger partial charge in [0.2, 0.25) is 5.89 Å². The molecule has 0 aliphatic carbocycles. The van der Waals surface area contributed by atoms with E-state index in [9.17, 15) is 0 Å². The number of hydrogen-bond acceptors (Lipinski definition) is 6. The van der Waals surface area contributed by atoms with Crippen molar-refractivity contribution >= 4 is 0 Å². The van der Waals surface area contributed by atoms with E-state index >= 15 is 0 Å². The molecule has 3 heterocycles. The summed E-state index contributed by atoms with van der Waals surface area (Å²) < 4.78 is 5.30. The third kappa shape index (κ3) is 3.36. The molecule has 1 aliphatic heterocycles. The summed E-state index contributed by atoms with van der Waals surface area (Å²) in [4.78, 5) is 10.8. The van der Waals surface area contributed by atoms with Crippen LogP contribution in [0.1, 0.15) is 17.3 Å². The zero-order valence-electron chi connectivity index (χ0n) is 10.7. The van der Waals surface area contributed by atoms with E-state index in [2.05, 4.69) is 25.3 Å². The van der Waals surface area contributed by atoms with Gasteiger partial charge >= 0.3 is 0 Å². The molecule has 0 spiro atoms. The van der Waals surface area contributed by atoms with Gasteiger partial charge in [0.25, 0.3) is 0 Å². The second-order valence-electron chi connectivity index (χ2n) is 4.67. The molecule has 1 aliphatic rings. The fourth-order valence-corrected chi connectivity index (χ4v) is 2.17. The van der Waals surface area contributed by atoms with E-state index in [1.165, 1.54) is 0 Å². The Morgan fingerprint density at radius 2 is 2.21 bits per heavy atom. The normalized spacial score (nSPS) is 16.6. The van der Waals surface area contributed by atoms with Crippen molar-refractivity contribution < 1.29 is 4.52 Å². The molecule has 0 bridgehead atoms. The highest BCUT2D eigenvalue weighted by Gasteiger charge is 2.14. The maximum atomic E-state index is 5.30. The van der Waals surface area contributed by atoms with Crippen LogP contribution in [-0.4, -0.2) is 46.2 Å². The Labute approximate surface area is 111 Å². The zero-order chi connectivity index (χ0) is 12.9. The van der Waals surface area contributed by atoms with Crippen molar-refractivity contribution in [3.8, 4) is 0 Å². The molecule has 0 aromatic carbocycles. The molecule has 0 saturated carbocycles. The quantitative estimate of drug-likeness (QED) is 0.860. The molecule has 1 N–H and O–H groups in total. The summed E-state index contributed by atoms with van der Waals surface area (Å²) in [6.45, 7) is 4.84. The van der Waals surface area contributed by atoms with Crippen molar-refractivity contribution in [2.45, 2.75) is 13.0 Å². The van der Waals surface area contributed by atoms with E-state index in [-0.39, 0.29) is 0 Å². The van der Waals surface area contributed by atoms with Crippen LogP contribution in [-0.2, 0) is 13.0 Å². The second-order valence-corrected chi connectivity index (χ2v) is 4.67. The van der Waals surface area contributed by atoms with Gasteiger partial charge < -0.3 is 9.84 Å². The number of nitrogens with zero attached hydrogens (tertiary/aromatic N) is 4. The van der Waals surface area contributed by atoms with E-state index < -0.39 is 0 Å². The molecule has 0 radical (unpaired) electrons. The van der Waals surface area contributed by atoms with E-state index in [0.29, 0.717) is 12.3 Å². The van der Waals surface area contributed by atoms with Crippen molar-refractivity contribution in [1.29, 1.82) is 0 Å². The smallest absolute Gasteiger partial charge is 0.240 e. The average molecular weight is 259 g/mol. The van der Waals surface area contributed by atoms with Crippen molar-refractivity contribution in [3.05, 3.63) is 41.8 Å². The lowest BCUT2D eigenvalue weighted by Crippen LogP contribution is -2.42. The van der Waals surface area contributed by atoms with Gasteiger partial charge in [0, 0.05) is 45.0 Å². The molecule has 19 heavy (non-hydrogen) atoms. The molecule has 6 heteroatoms. The van der Waals surface area contributed by atoms with Crippen molar-refractivity contribution in [3.63, 3.8) is 0 Å². The van der Waals surface area contributed by atoms with Gasteiger partial charge in [0.1, 0.15) is 0 Å². The summed E-state index contributed by atoms with van der Waals surface area (Å²) >= 11 is 0. The topological polar surface area (TPSA) is 67.1 Å². The van der Waals surface area contributed by atoms with Crippen LogP contribution in [0.3, 0.4) is 0 Å². The summed E-state index contributed by atoms with van der Waals surface area (Å²) in [6.07, 6.45) is 4.25. The summed E-state index contributed by atoms with van der Waals surface area (Å²) in [7, 11) is 0. The van der Waals surface area contributed by atoms with Crippen LogP contribution in [0.15, 0.2) is 29.0 Å². The first-order valence-electron chi connectivity index (χ1n) is 6.53. The Morgan fingerprint density at radius 3 is 3.00 bits per heavy atom. The van der Waals surface area contributed by atoms with Crippen LogP contribution in [0, 0.1) is 0 Å². The summed E-state index contributed by atoms with van der Waals surface area (Å²) in [6, 6.07) is 3.93. The van der Waals surface area contributed by atoms with Gasteiger partial charge in [-0.15, -0.1) is 0 Å². The van der Waals surface area contributed by atoms with Gasteiger partial charge in [0.15, 0.2) is 5.82 Å². The first-order valence-corrected chi connectivity index (χ1v) is 6.53. The van der Waals surface area contributed by atoms with E-state index in [4.69, 9.17) is 4.52 Å². The van der Waals surface area contributed by atoms with E-state index in [1.807, 2.05) is 18.3 Å². The minimum Gasteiger partial charge on any atom is -0.338 e. The zero-order valence-corrected chi connectivity index (χ0v) is 10.7. The molecule has 2 aromatic heterocycles. The number of hydrogen-bond donors (Lipinski definition) is 1. The van der Waals surface area contributed by atoms with Crippen LogP contribution >= 0.6 is 0 Å². The van der Waals surface area contributed by atoms with Gasteiger partial charge in [-0.05, 0) is 11.6 Å². The van der Waals surface area contributed by atoms with Gasteiger partial charge in [-0.25, -0.2) is 0 Å². The molecule has 0 unspecified atom stereocenters. The SMILES string of the molecule is c1cncc(Cc2noc(CN3CCNCC3)n2)c1. The average Bonchev–Trinajstić information content (AvgIpc) is 2.88. The minimum absolute atomic E-state index is 0.666. The van der Waals surface area contributed by atoms with Gasteiger partial charge in [-0.3, -0.25) is 9.88 Å². The molecule has 3 rings (SSSR count). The fourth-order valence-electron chi connectivity index (χ4n) is 2.17. The molecule has 0 amide bonds. The summed E-state index contributed by atoms with van der Waals surface area (Å²) in [5.41, 5.74) is 1.09. The van der Waals surface area contributed by atoms with Crippen LogP contribution < -0.4 is 5.32 Å². The lowest BCUT2D eigenvalue weighted by Gasteiger charge is -2.25. The molecule has 2 aromatic rings. The Hall–Kier alpha value is -1.79. The first kappa shape index (κ1) is 12.3. The van der Waals surface area contributed by atoms with E-state index in [1.54, 1.807) is 6.20 Å². The summed E-state index contributed by atoms with van der Waals surface area (Å²) in [5, 5.41) is 7.34. The molecule has 100 valence electrons. The van der Waals surface area contributed by atoms with Crippen LogP contribution in [0.2, 0.25) is 0 Å². The van der Waals surface area contributed by atoms with Crippen LogP contribution in [0.4, 0.5) is 0 Å². The largest absolute Gasteiger partial charge is 0.338 e. The Bertz CT molecular complexity index is 507. The molecule has 0 atom stereocenters. The van der Waals surface area contributed by atoms with Gasteiger partial charge in [-0.2, -0.15) is 4.98 Å². The molecule has 1 fully saturated rings.